The van der Waals surface area contributed by atoms with Crippen LogP contribution in [-0.2, 0) is 0 Å². The number of carbonyl (C=O) groups is 2. The molecule has 2 aromatic carbocycles. The van der Waals surface area contributed by atoms with E-state index < -0.39 is 29.1 Å². The molecule has 2 heterocycles. The lowest BCUT2D eigenvalue weighted by Crippen LogP contribution is -2.19. The van der Waals surface area contributed by atoms with Crippen LogP contribution in [0.5, 0.6) is 11.5 Å². The maximum atomic E-state index is 13.7. The number of rotatable bonds is 4. The molecular weight excluding hydrogens is 384 g/mol. The Morgan fingerprint density at radius 3 is 2.17 bits per heavy atom. The fourth-order valence-electron chi connectivity index (χ4n) is 2.65. The van der Waals surface area contributed by atoms with E-state index in [1.807, 2.05) is 0 Å². The lowest BCUT2D eigenvalue weighted by atomic mass is 10.2. The normalized spacial score (nSPS) is 11.8. The van der Waals surface area contributed by atoms with Gasteiger partial charge in [0.2, 0.25) is 6.79 Å². The van der Waals surface area contributed by atoms with Gasteiger partial charge in [0.05, 0.1) is 0 Å². The molecule has 4 rings (SSSR count). The Kier molecular flexibility index (Phi) is 4.78. The zero-order valence-electron chi connectivity index (χ0n) is 14.7. The highest BCUT2D eigenvalue weighted by molar-refractivity contribution is 6.06. The fourth-order valence-corrected chi connectivity index (χ4v) is 2.65. The molecule has 1 aliphatic rings. The van der Waals surface area contributed by atoms with Crippen LogP contribution >= 0.6 is 0 Å². The number of carbonyl (C=O) groups excluding carboxylic acids is 2. The minimum atomic E-state index is -0.921. The van der Waals surface area contributed by atoms with Crippen molar-refractivity contribution in [1.82, 2.24) is 4.98 Å². The summed E-state index contributed by atoms with van der Waals surface area (Å²) in [5.74, 6) is -2.21. The van der Waals surface area contributed by atoms with Crippen LogP contribution in [-0.4, -0.2) is 23.6 Å². The quantitative estimate of drug-likeness (QED) is 0.702. The number of halogens is 2. The molecule has 0 saturated carbocycles. The average molecular weight is 397 g/mol. The van der Waals surface area contributed by atoms with Crippen LogP contribution in [0.1, 0.15) is 21.0 Å². The molecule has 9 heteroatoms. The molecule has 0 spiro atoms. The average Bonchev–Trinajstić information content (AvgIpc) is 3.18. The summed E-state index contributed by atoms with van der Waals surface area (Å²) in [6.45, 7) is 0.105. The van der Waals surface area contributed by atoms with Gasteiger partial charge in [-0.1, -0.05) is 12.1 Å². The largest absolute Gasteiger partial charge is 0.454 e. The molecule has 0 radical (unpaired) electrons. The van der Waals surface area contributed by atoms with Gasteiger partial charge in [0.25, 0.3) is 11.8 Å². The highest BCUT2D eigenvalue weighted by Crippen LogP contribution is 2.34. The SMILES string of the molecule is O=C(Nc1ccc2c(c1)OCO2)c1cccc(C(=O)Nc2c(F)cccc2F)n1. The van der Waals surface area contributed by atoms with Crippen molar-refractivity contribution in [3.8, 4) is 11.5 Å². The molecule has 0 aliphatic carbocycles. The van der Waals surface area contributed by atoms with Gasteiger partial charge in [-0.25, -0.2) is 13.8 Å². The maximum Gasteiger partial charge on any atom is 0.274 e. The predicted molar refractivity (Wildman–Crippen MR) is 99.1 cm³/mol. The summed E-state index contributed by atoms with van der Waals surface area (Å²) in [5.41, 5.74) is -0.367. The van der Waals surface area contributed by atoms with Crippen LogP contribution in [0.3, 0.4) is 0 Å². The summed E-state index contributed by atoms with van der Waals surface area (Å²) in [6.07, 6.45) is 0. The first-order valence-corrected chi connectivity index (χ1v) is 8.45. The lowest BCUT2D eigenvalue weighted by Gasteiger charge is -2.09. The predicted octanol–water partition coefficient (Wildman–Crippen LogP) is 3.59. The number of para-hydroxylation sites is 1. The van der Waals surface area contributed by atoms with E-state index in [2.05, 4.69) is 15.6 Å². The van der Waals surface area contributed by atoms with E-state index >= 15 is 0 Å². The minimum absolute atomic E-state index is 0.0516. The first kappa shape index (κ1) is 18.4. The number of anilines is 2. The van der Waals surface area contributed by atoms with Crippen molar-refractivity contribution < 1.29 is 27.8 Å². The number of hydrogen-bond donors (Lipinski definition) is 2. The second-order valence-electron chi connectivity index (χ2n) is 5.98. The van der Waals surface area contributed by atoms with Crippen molar-refractivity contribution in [2.24, 2.45) is 0 Å². The standard InChI is InChI=1S/C20H13F2N3O4/c21-12-3-1-4-13(22)18(12)25-20(27)15-6-2-5-14(24-15)19(26)23-11-7-8-16-17(9-11)29-10-28-16/h1-9H,10H2,(H,23,26)(H,25,27). The first-order valence-electron chi connectivity index (χ1n) is 8.45. The molecule has 0 atom stereocenters. The zero-order chi connectivity index (χ0) is 20.4. The van der Waals surface area contributed by atoms with Gasteiger partial charge in [-0.2, -0.15) is 0 Å². The van der Waals surface area contributed by atoms with Crippen LogP contribution in [0.2, 0.25) is 0 Å². The van der Waals surface area contributed by atoms with Crippen molar-refractivity contribution in [2.45, 2.75) is 0 Å². The Bertz CT molecular complexity index is 1100. The topological polar surface area (TPSA) is 89.5 Å². The van der Waals surface area contributed by atoms with Gasteiger partial charge in [0.15, 0.2) is 11.5 Å². The van der Waals surface area contributed by atoms with E-state index in [9.17, 15) is 18.4 Å². The molecule has 1 aliphatic heterocycles. The second kappa shape index (κ2) is 7.55. The van der Waals surface area contributed by atoms with Crippen molar-refractivity contribution >= 4 is 23.2 Å². The molecule has 0 fully saturated rings. The third kappa shape index (κ3) is 3.84. The molecule has 1 aromatic heterocycles. The van der Waals surface area contributed by atoms with Gasteiger partial charge in [-0.3, -0.25) is 9.59 Å². The number of fused-ring (bicyclic) bond motifs is 1. The number of benzene rings is 2. The Morgan fingerprint density at radius 1 is 0.828 bits per heavy atom. The van der Waals surface area contributed by atoms with Gasteiger partial charge >= 0.3 is 0 Å². The number of hydrogen-bond acceptors (Lipinski definition) is 5. The third-order valence-electron chi connectivity index (χ3n) is 4.05. The van der Waals surface area contributed by atoms with Crippen molar-refractivity contribution in [3.05, 3.63) is 77.6 Å². The summed E-state index contributed by atoms with van der Waals surface area (Å²) >= 11 is 0. The first-order chi connectivity index (χ1) is 14.0. The van der Waals surface area contributed by atoms with Crippen molar-refractivity contribution in [2.75, 3.05) is 17.4 Å². The van der Waals surface area contributed by atoms with E-state index in [0.29, 0.717) is 17.2 Å². The molecule has 3 aromatic rings. The second-order valence-corrected chi connectivity index (χ2v) is 5.98. The van der Waals surface area contributed by atoms with Crippen LogP contribution in [0.25, 0.3) is 0 Å². The molecule has 29 heavy (non-hydrogen) atoms. The molecule has 7 nitrogen and oxygen atoms in total. The molecule has 146 valence electrons. The van der Waals surface area contributed by atoms with E-state index in [-0.39, 0.29) is 18.2 Å². The summed E-state index contributed by atoms with van der Waals surface area (Å²) in [6, 6.07) is 12.3. The van der Waals surface area contributed by atoms with E-state index in [4.69, 9.17) is 9.47 Å². The van der Waals surface area contributed by atoms with Crippen molar-refractivity contribution in [3.63, 3.8) is 0 Å². The summed E-state index contributed by atoms with van der Waals surface area (Å²) < 4.78 is 37.9. The van der Waals surface area contributed by atoms with Crippen LogP contribution in [0.15, 0.2) is 54.6 Å². The molecule has 0 saturated heterocycles. The molecule has 0 bridgehead atoms. The Morgan fingerprint density at radius 2 is 1.45 bits per heavy atom. The van der Waals surface area contributed by atoms with Crippen LogP contribution < -0.4 is 20.1 Å². The third-order valence-corrected chi connectivity index (χ3v) is 4.05. The monoisotopic (exact) mass is 397 g/mol. The van der Waals surface area contributed by atoms with Gasteiger partial charge in [0.1, 0.15) is 28.7 Å². The zero-order valence-corrected chi connectivity index (χ0v) is 14.7. The number of amides is 2. The Labute approximate surface area is 163 Å². The molecule has 2 N–H and O–H groups in total. The van der Waals surface area contributed by atoms with E-state index in [0.717, 1.165) is 12.1 Å². The maximum absolute atomic E-state index is 13.7. The number of nitrogens with one attached hydrogen (secondary N) is 2. The summed E-state index contributed by atoms with van der Waals surface area (Å²) in [7, 11) is 0. The van der Waals surface area contributed by atoms with E-state index in [1.54, 1.807) is 18.2 Å². The Hall–Kier alpha value is -4.01. The Balaban J connectivity index is 1.50. The van der Waals surface area contributed by atoms with Crippen LogP contribution in [0.4, 0.5) is 20.2 Å². The minimum Gasteiger partial charge on any atom is -0.454 e. The highest BCUT2D eigenvalue weighted by atomic mass is 19.1. The number of nitrogens with zero attached hydrogens (tertiary/aromatic N) is 1. The lowest BCUT2D eigenvalue weighted by molar-refractivity contribution is 0.101. The fraction of sp³-hybridized carbons (Fsp3) is 0.0500. The summed E-state index contributed by atoms with van der Waals surface area (Å²) in [4.78, 5) is 28.7. The number of ether oxygens (including phenoxy) is 2. The molecular formula is C20H13F2N3O4. The van der Waals surface area contributed by atoms with Gasteiger partial charge < -0.3 is 20.1 Å². The van der Waals surface area contributed by atoms with Crippen LogP contribution in [0, 0.1) is 11.6 Å². The van der Waals surface area contributed by atoms with Crippen molar-refractivity contribution in [1.29, 1.82) is 0 Å². The summed E-state index contributed by atoms with van der Waals surface area (Å²) in [5, 5.41) is 4.76. The molecule has 2 amide bonds. The molecule has 0 unspecified atom stereocenters. The number of aromatic nitrogens is 1. The van der Waals surface area contributed by atoms with Gasteiger partial charge in [-0.15, -0.1) is 0 Å². The number of pyridine rings is 1. The van der Waals surface area contributed by atoms with E-state index in [1.165, 1.54) is 24.3 Å². The van der Waals surface area contributed by atoms with Gasteiger partial charge in [0, 0.05) is 11.8 Å². The smallest absolute Gasteiger partial charge is 0.274 e. The van der Waals surface area contributed by atoms with Gasteiger partial charge in [-0.05, 0) is 36.4 Å². The highest BCUT2D eigenvalue weighted by Gasteiger charge is 2.18.